The van der Waals surface area contributed by atoms with Gasteiger partial charge in [-0.05, 0) is 30.7 Å². The summed E-state index contributed by atoms with van der Waals surface area (Å²) in [7, 11) is 0. The lowest BCUT2D eigenvalue weighted by molar-refractivity contribution is 0.0369. The molecular weight excluding hydrogens is 360 g/mol. The number of pyridine rings is 1. The van der Waals surface area contributed by atoms with Crippen molar-refractivity contribution >= 4 is 11.6 Å². The molecule has 0 radical (unpaired) electrons. The normalized spacial score (nSPS) is 15.1. The first kappa shape index (κ1) is 18.2. The highest BCUT2D eigenvalue weighted by Gasteiger charge is 2.16. The fraction of sp³-hybridized carbons (Fsp3) is 0.333. The van der Waals surface area contributed by atoms with Gasteiger partial charge < -0.3 is 9.30 Å². The Morgan fingerprint density at radius 3 is 2.59 bits per heavy atom. The number of halogens is 1. The van der Waals surface area contributed by atoms with Crippen molar-refractivity contribution in [2.24, 2.45) is 0 Å². The van der Waals surface area contributed by atoms with E-state index >= 15 is 0 Å². The molecule has 6 heteroatoms. The molecule has 5 nitrogen and oxygen atoms in total. The van der Waals surface area contributed by atoms with Crippen LogP contribution in [0.15, 0.2) is 55.1 Å². The van der Waals surface area contributed by atoms with Crippen molar-refractivity contribution in [3.8, 4) is 22.5 Å². The molecular formula is C21H23ClN4O. The summed E-state index contributed by atoms with van der Waals surface area (Å²) < 4.78 is 7.67. The van der Waals surface area contributed by atoms with E-state index in [0.717, 1.165) is 73.4 Å². The molecule has 0 amide bonds. The lowest BCUT2D eigenvalue weighted by Gasteiger charge is -2.26. The fourth-order valence-electron chi connectivity index (χ4n) is 3.50. The van der Waals surface area contributed by atoms with E-state index in [0.29, 0.717) is 0 Å². The first-order valence-corrected chi connectivity index (χ1v) is 9.70. The van der Waals surface area contributed by atoms with E-state index in [1.165, 1.54) is 0 Å². The molecule has 0 bridgehead atoms. The Bertz CT molecular complexity index is 875. The predicted octanol–water partition coefficient (Wildman–Crippen LogP) is 3.99. The summed E-state index contributed by atoms with van der Waals surface area (Å²) in [6.07, 6.45) is 6.61. The molecule has 0 aliphatic carbocycles. The quantitative estimate of drug-likeness (QED) is 0.646. The van der Waals surface area contributed by atoms with Gasteiger partial charge in [0.05, 0.1) is 30.9 Å². The van der Waals surface area contributed by atoms with Crippen LogP contribution in [0.25, 0.3) is 22.5 Å². The van der Waals surface area contributed by atoms with E-state index in [4.69, 9.17) is 21.3 Å². The second-order valence-electron chi connectivity index (χ2n) is 6.69. The molecule has 1 saturated heterocycles. The highest BCUT2D eigenvalue weighted by Crippen LogP contribution is 2.32. The van der Waals surface area contributed by atoms with Gasteiger partial charge in [-0.1, -0.05) is 23.7 Å². The van der Waals surface area contributed by atoms with Crippen molar-refractivity contribution in [3.05, 3.63) is 60.1 Å². The van der Waals surface area contributed by atoms with Gasteiger partial charge in [-0.25, -0.2) is 4.98 Å². The van der Waals surface area contributed by atoms with E-state index in [2.05, 4.69) is 20.5 Å². The van der Waals surface area contributed by atoms with Crippen LogP contribution < -0.4 is 0 Å². The van der Waals surface area contributed by atoms with E-state index in [1.807, 2.05) is 36.7 Å². The van der Waals surface area contributed by atoms with Crippen molar-refractivity contribution in [3.63, 3.8) is 0 Å². The minimum Gasteiger partial charge on any atom is -0.379 e. The van der Waals surface area contributed by atoms with Crippen molar-refractivity contribution in [2.75, 3.05) is 32.8 Å². The molecule has 0 spiro atoms. The second kappa shape index (κ2) is 8.65. The third-order valence-corrected chi connectivity index (χ3v) is 5.10. The van der Waals surface area contributed by atoms with Crippen LogP contribution in [0.1, 0.15) is 6.42 Å². The van der Waals surface area contributed by atoms with Crippen molar-refractivity contribution in [1.82, 2.24) is 19.4 Å². The molecule has 2 aromatic heterocycles. The van der Waals surface area contributed by atoms with Crippen LogP contribution in [-0.4, -0.2) is 52.3 Å². The van der Waals surface area contributed by atoms with Crippen LogP contribution in [0, 0.1) is 0 Å². The molecule has 27 heavy (non-hydrogen) atoms. The molecule has 0 N–H and O–H groups in total. The molecule has 4 rings (SSSR count). The summed E-state index contributed by atoms with van der Waals surface area (Å²) in [5.41, 5.74) is 4.21. The predicted molar refractivity (Wildman–Crippen MR) is 108 cm³/mol. The van der Waals surface area contributed by atoms with Crippen LogP contribution in [0.3, 0.4) is 0 Å². The van der Waals surface area contributed by atoms with Crippen LogP contribution in [0.5, 0.6) is 0 Å². The molecule has 3 aromatic rings. The summed E-state index contributed by atoms with van der Waals surface area (Å²) in [5, 5.41) is 0.731. The summed E-state index contributed by atoms with van der Waals surface area (Å²) >= 11 is 6.26. The highest BCUT2D eigenvalue weighted by atomic mass is 35.5. The number of hydrogen-bond donors (Lipinski definition) is 0. The number of hydrogen-bond acceptors (Lipinski definition) is 4. The Kier molecular flexibility index (Phi) is 5.82. The molecule has 1 fully saturated rings. The maximum absolute atomic E-state index is 6.26. The van der Waals surface area contributed by atoms with E-state index in [1.54, 1.807) is 12.4 Å². The van der Waals surface area contributed by atoms with E-state index < -0.39 is 0 Å². The van der Waals surface area contributed by atoms with E-state index in [9.17, 15) is 0 Å². The Morgan fingerprint density at radius 2 is 1.81 bits per heavy atom. The zero-order valence-corrected chi connectivity index (χ0v) is 16.0. The number of rotatable bonds is 6. The topological polar surface area (TPSA) is 43.2 Å². The molecule has 3 heterocycles. The van der Waals surface area contributed by atoms with Crippen LogP contribution >= 0.6 is 11.6 Å². The average Bonchev–Trinajstić information content (AvgIpc) is 3.13. The van der Waals surface area contributed by atoms with Crippen LogP contribution in [-0.2, 0) is 11.3 Å². The summed E-state index contributed by atoms with van der Waals surface area (Å²) in [6, 6.07) is 12.0. The molecule has 140 valence electrons. The zero-order valence-electron chi connectivity index (χ0n) is 15.2. The van der Waals surface area contributed by atoms with Crippen molar-refractivity contribution in [2.45, 2.75) is 13.0 Å². The first-order valence-electron chi connectivity index (χ1n) is 9.33. The number of benzene rings is 1. The van der Waals surface area contributed by atoms with Gasteiger partial charge in [0, 0.05) is 54.7 Å². The standard InChI is InChI=1S/C21H23ClN4O/c22-19-4-1-3-18(15-19)21-20(17-5-7-23-8-6-17)24-16-26(21)10-2-9-25-11-13-27-14-12-25/h1,3-8,15-16H,2,9-14H2. The van der Waals surface area contributed by atoms with Crippen LogP contribution in [0.2, 0.25) is 5.02 Å². The maximum Gasteiger partial charge on any atom is 0.0964 e. The van der Waals surface area contributed by atoms with Crippen molar-refractivity contribution in [1.29, 1.82) is 0 Å². The molecule has 1 aliphatic rings. The monoisotopic (exact) mass is 382 g/mol. The minimum absolute atomic E-state index is 0.731. The number of imidazole rings is 1. The Hall–Kier alpha value is -2.21. The Balaban J connectivity index is 1.60. The van der Waals surface area contributed by atoms with Gasteiger partial charge in [-0.2, -0.15) is 0 Å². The third-order valence-electron chi connectivity index (χ3n) is 4.87. The molecule has 0 saturated carbocycles. The fourth-order valence-corrected chi connectivity index (χ4v) is 3.69. The summed E-state index contributed by atoms with van der Waals surface area (Å²) in [6.45, 7) is 5.70. The molecule has 1 aromatic carbocycles. The van der Waals surface area contributed by atoms with Gasteiger partial charge in [0.2, 0.25) is 0 Å². The number of aromatic nitrogens is 3. The summed E-state index contributed by atoms with van der Waals surface area (Å²) in [5.74, 6) is 0. The first-order chi connectivity index (χ1) is 13.3. The van der Waals surface area contributed by atoms with Crippen LogP contribution in [0.4, 0.5) is 0 Å². The van der Waals surface area contributed by atoms with Gasteiger partial charge in [0.1, 0.15) is 0 Å². The molecule has 0 atom stereocenters. The average molecular weight is 383 g/mol. The maximum atomic E-state index is 6.26. The van der Waals surface area contributed by atoms with Gasteiger partial charge in [0.15, 0.2) is 0 Å². The number of morpholine rings is 1. The molecule has 1 aliphatic heterocycles. The third kappa shape index (κ3) is 4.38. The lowest BCUT2D eigenvalue weighted by Crippen LogP contribution is -2.37. The number of aryl methyl sites for hydroxylation is 1. The Labute approximate surface area is 164 Å². The van der Waals surface area contributed by atoms with Gasteiger partial charge in [0.25, 0.3) is 0 Å². The van der Waals surface area contributed by atoms with Gasteiger partial charge in [-0.15, -0.1) is 0 Å². The van der Waals surface area contributed by atoms with Gasteiger partial charge in [-0.3, -0.25) is 9.88 Å². The SMILES string of the molecule is Clc1cccc(-c2c(-c3ccncc3)ncn2CCCN2CCOCC2)c1. The zero-order chi connectivity index (χ0) is 18.5. The largest absolute Gasteiger partial charge is 0.379 e. The van der Waals surface area contributed by atoms with E-state index in [-0.39, 0.29) is 0 Å². The minimum atomic E-state index is 0.731. The number of ether oxygens (including phenoxy) is 1. The van der Waals surface area contributed by atoms with Crippen molar-refractivity contribution < 1.29 is 4.74 Å². The Morgan fingerprint density at radius 1 is 1.00 bits per heavy atom. The number of nitrogens with zero attached hydrogens (tertiary/aromatic N) is 4. The summed E-state index contributed by atoms with van der Waals surface area (Å²) in [4.78, 5) is 11.3. The second-order valence-corrected chi connectivity index (χ2v) is 7.13. The lowest BCUT2D eigenvalue weighted by atomic mass is 10.1. The smallest absolute Gasteiger partial charge is 0.0964 e. The molecule has 0 unspecified atom stereocenters. The highest BCUT2D eigenvalue weighted by molar-refractivity contribution is 6.30. The van der Waals surface area contributed by atoms with Gasteiger partial charge >= 0.3 is 0 Å².